The highest BCUT2D eigenvalue weighted by atomic mass is 16.2. The maximum Gasteiger partial charge on any atom is 0.228 e. The van der Waals surface area contributed by atoms with Gasteiger partial charge in [-0.1, -0.05) is 0 Å². The van der Waals surface area contributed by atoms with Crippen LogP contribution in [0.15, 0.2) is 37.1 Å². The molecule has 1 saturated carbocycles. The number of hydrogen-bond donors (Lipinski definition) is 1. The number of fused-ring (bicyclic) bond motifs is 1. The average Bonchev–Trinajstić information content (AvgIpc) is 3.02. The Hall–Kier alpha value is -2.80. The van der Waals surface area contributed by atoms with Crippen LogP contribution in [0.2, 0.25) is 0 Å². The van der Waals surface area contributed by atoms with Gasteiger partial charge in [-0.2, -0.15) is 0 Å². The lowest BCUT2D eigenvalue weighted by molar-refractivity contribution is -0.137. The first-order chi connectivity index (χ1) is 13.0. The van der Waals surface area contributed by atoms with Crippen molar-refractivity contribution in [2.45, 2.75) is 12.8 Å². The number of nitrogens with zero attached hydrogens (tertiary/aromatic N) is 5. The number of pyridine rings is 2. The largest absolute Gasteiger partial charge is 0.332 e. The standard InChI is InChI=1S/C20H22N6O/c1-25-10-20(11-25)5-14(6-20)19(27)24-18-4-13-3-16(17-9-21-12-26(17)2)22-7-15(13)8-23-18/h3-4,7-9,12,14H,5-6,10-11H2,1-2H3,(H,23,24,27). The quantitative estimate of drug-likeness (QED) is 0.774. The van der Waals surface area contributed by atoms with E-state index in [0.29, 0.717) is 11.2 Å². The lowest BCUT2D eigenvalue weighted by Crippen LogP contribution is -2.62. The molecule has 0 aromatic carbocycles. The van der Waals surface area contributed by atoms with Crippen molar-refractivity contribution in [3.8, 4) is 11.4 Å². The third-order valence-electron chi connectivity index (χ3n) is 5.87. The predicted octanol–water partition coefficient (Wildman–Crippen LogP) is 2.31. The van der Waals surface area contributed by atoms with Crippen molar-refractivity contribution in [1.29, 1.82) is 0 Å². The van der Waals surface area contributed by atoms with Crippen molar-refractivity contribution < 1.29 is 4.79 Å². The number of carbonyl (C=O) groups is 1. The number of rotatable bonds is 3. The van der Waals surface area contributed by atoms with E-state index in [1.54, 1.807) is 24.9 Å². The minimum absolute atomic E-state index is 0.0861. The molecule has 5 rings (SSSR count). The smallest absolute Gasteiger partial charge is 0.228 e. The fourth-order valence-electron chi connectivity index (χ4n) is 4.61. The first kappa shape index (κ1) is 16.4. The number of amides is 1. The topological polar surface area (TPSA) is 75.9 Å². The number of anilines is 1. The highest BCUT2D eigenvalue weighted by Gasteiger charge is 2.53. The van der Waals surface area contributed by atoms with E-state index >= 15 is 0 Å². The number of likely N-dealkylation sites (tertiary alicyclic amines) is 1. The second-order valence-electron chi connectivity index (χ2n) is 8.14. The Morgan fingerprint density at radius 3 is 2.59 bits per heavy atom. The van der Waals surface area contributed by atoms with Crippen molar-refractivity contribution >= 4 is 22.5 Å². The second-order valence-corrected chi connectivity index (χ2v) is 8.14. The lowest BCUT2D eigenvalue weighted by atomic mass is 9.57. The van der Waals surface area contributed by atoms with E-state index in [1.807, 2.05) is 23.7 Å². The number of aryl methyl sites for hydroxylation is 1. The van der Waals surface area contributed by atoms with Gasteiger partial charge in [0.2, 0.25) is 5.91 Å². The molecule has 0 radical (unpaired) electrons. The molecule has 1 N–H and O–H groups in total. The fraction of sp³-hybridized carbons (Fsp3) is 0.400. The Morgan fingerprint density at radius 1 is 1.11 bits per heavy atom. The Labute approximate surface area is 157 Å². The summed E-state index contributed by atoms with van der Waals surface area (Å²) in [6.07, 6.45) is 9.09. The summed E-state index contributed by atoms with van der Waals surface area (Å²) in [5.41, 5.74) is 2.20. The zero-order valence-electron chi connectivity index (χ0n) is 15.5. The molecule has 7 nitrogen and oxygen atoms in total. The SMILES string of the molecule is CN1CC2(CC(C(=O)Nc3cc4cc(-c5cncn5C)ncc4cn3)C2)C1. The number of hydrogen-bond acceptors (Lipinski definition) is 5. The summed E-state index contributed by atoms with van der Waals surface area (Å²) >= 11 is 0. The van der Waals surface area contributed by atoms with Gasteiger partial charge in [0.25, 0.3) is 0 Å². The first-order valence-electron chi connectivity index (χ1n) is 9.23. The summed E-state index contributed by atoms with van der Waals surface area (Å²) in [6.45, 7) is 2.24. The maximum absolute atomic E-state index is 12.5. The van der Waals surface area contributed by atoms with Crippen LogP contribution in [0.25, 0.3) is 22.2 Å². The zero-order chi connectivity index (χ0) is 18.6. The normalized spacial score (nSPS) is 19.0. The summed E-state index contributed by atoms with van der Waals surface area (Å²) in [5.74, 6) is 0.794. The van der Waals surface area contributed by atoms with Crippen molar-refractivity contribution in [2.75, 3.05) is 25.5 Å². The molecule has 2 aliphatic rings. The molecule has 2 fully saturated rings. The molecule has 3 aromatic rings. The molecular weight excluding hydrogens is 340 g/mol. The van der Waals surface area contributed by atoms with Crippen LogP contribution in [0.3, 0.4) is 0 Å². The van der Waals surface area contributed by atoms with Gasteiger partial charge in [-0.3, -0.25) is 9.78 Å². The van der Waals surface area contributed by atoms with E-state index in [1.165, 1.54) is 0 Å². The van der Waals surface area contributed by atoms with Gasteiger partial charge in [0.1, 0.15) is 5.82 Å². The molecule has 1 aliphatic carbocycles. The van der Waals surface area contributed by atoms with Crippen molar-refractivity contribution in [3.63, 3.8) is 0 Å². The van der Waals surface area contributed by atoms with Gasteiger partial charge < -0.3 is 14.8 Å². The maximum atomic E-state index is 12.5. The first-order valence-corrected chi connectivity index (χ1v) is 9.23. The van der Waals surface area contributed by atoms with Crippen LogP contribution in [-0.2, 0) is 11.8 Å². The summed E-state index contributed by atoms with van der Waals surface area (Å²) in [4.78, 5) is 27.9. The Morgan fingerprint density at radius 2 is 1.89 bits per heavy atom. The van der Waals surface area contributed by atoms with E-state index in [2.05, 4.69) is 32.2 Å². The van der Waals surface area contributed by atoms with Gasteiger partial charge in [-0.15, -0.1) is 0 Å². The number of carbonyl (C=O) groups excluding carboxylic acids is 1. The Balaban J connectivity index is 1.33. The van der Waals surface area contributed by atoms with Crippen LogP contribution >= 0.6 is 0 Å². The van der Waals surface area contributed by atoms with Crippen LogP contribution in [0, 0.1) is 11.3 Å². The molecule has 27 heavy (non-hydrogen) atoms. The third-order valence-corrected chi connectivity index (χ3v) is 5.87. The zero-order valence-corrected chi connectivity index (χ0v) is 15.5. The number of nitrogens with one attached hydrogen (secondary N) is 1. The van der Waals surface area contributed by atoms with E-state index in [0.717, 1.165) is 48.1 Å². The second kappa shape index (κ2) is 5.85. The van der Waals surface area contributed by atoms with E-state index in [9.17, 15) is 4.79 Å². The molecule has 138 valence electrons. The van der Waals surface area contributed by atoms with Crippen LogP contribution in [-0.4, -0.2) is 50.5 Å². The highest BCUT2D eigenvalue weighted by Crippen LogP contribution is 2.51. The molecule has 0 unspecified atom stereocenters. The summed E-state index contributed by atoms with van der Waals surface area (Å²) in [7, 11) is 4.07. The summed E-state index contributed by atoms with van der Waals surface area (Å²) in [5, 5.41) is 4.94. The third kappa shape index (κ3) is 2.78. The van der Waals surface area contributed by atoms with E-state index in [-0.39, 0.29) is 11.8 Å². The molecule has 4 heterocycles. The van der Waals surface area contributed by atoms with Crippen molar-refractivity contribution in [2.24, 2.45) is 18.4 Å². The van der Waals surface area contributed by atoms with Gasteiger partial charge in [0, 0.05) is 43.8 Å². The predicted molar refractivity (Wildman–Crippen MR) is 103 cm³/mol. The van der Waals surface area contributed by atoms with Gasteiger partial charge in [-0.05, 0) is 42.8 Å². The number of imidazole rings is 1. The molecule has 3 aromatic heterocycles. The van der Waals surface area contributed by atoms with Crippen LogP contribution < -0.4 is 5.32 Å². The Bertz CT molecular complexity index is 1030. The molecule has 0 atom stereocenters. The summed E-state index contributed by atoms with van der Waals surface area (Å²) in [6, 6.07) is 3.92. The molecule has 1 spiro atoms. The minimum Gasteiger partial charge on any atom is -0.332 e. The lowest BCUT2D eigenvalue weighted by Gasteiger charge is -2.57. The minimum atomic E-state index is 0.0861. The van der Waals surface area contributed by atoms with Crippen molar-refractivity contribution in [3.05, 3.63) is 37.1 Å². The molecule has 1 amide bonds. The molecule has 0 bridgehead atoms. The highest BCUT2D eigenvalue weighted by molar-refractivity contribution is 5.95. The van der Waals surface area contributed by atoms with Crippen molar-refractivity contribution in [1.82, 2.24) is 24.4 Å². The molecular formula is C20H22N6O. The van der Waals surface area contributed by atoms with Crippen LogP contribution in [0.5, 0.6) is 0 Å². The van der Waals surface area contributed by atoms with Gasteiger partial charge in [0.15, 0.2) is 0 Å². The fourth-order valence-corrected chi connectivity index (χ4v) is 4.61. The van der Waals surface area contributed by atoms with Gasteiger partial charge in [0.05, 0.1) is 23.9 Å². The monoisotopic (exact) mass is 362 g/mol. The van der Waals surface area contributed by atoms with Gasteiger partial charge in [-0.25, -0.2) is 9.97 Å². The van der Waals surface area contributed by atoms with E-state index in [4.69, 9.17) is 0 Å². The molecule has 1 aliphatic heterocycles. The van der Waals surface area contributed by atoms with Crippen LogP contribution in [0.1, 0.15) is 12.8 Å². The summed E-state index contributed by atoms with van der Waals surface area (Å²) < 4.78 is 1.93. The Kier molecular flexibility index (Phi) is 3.55. The number of aromatic nitrogens is 4. The molecule has 7 heteroatoms. The van der Waals surface area contributed by atoms with Crippen LogP contribution in [0.4, 0.5) is 5.82 Å². The van der Waals surface area contributed by atoms with E-state index < -0.39 is 0 Å². The average molecular weight is 362 g/mol. The van der Waals surface area contributed by atoms with Gasteiger partial charge >= 0.3 is 0 Å². The molecule has 1 saturated heterocycles.